The Bertz CT molecular complexity index is 345. The first-order valence-electron chi connectivity index (χ1n) is 6.70. The Labute approximate surface area is 109 Å². The zero-order valence-electron chi connectivity index (χ0n) is 11.3. The van der Waals surface area contributed by atoms with Gasteiger partial charge in [-0.3, -0.25) is 0 Å². The average molecular weight is 249 g/mol. The molecule has 0 aromatic heterocycles. The summed E-state index contributed by atoms with van der Waals surface area (Å²) in [6.45, 7) is 7.34. The lowest BCUT2D eigenvalue weighted by molar-refractivity contribution is -0.0705. The first-order chi connectivity index (χ1) is 8.72. The Kier molecular flexibility index (Phi) is 4.75. The Morgan fingerprint density at radius 1 is 1.39 bits per heavy atom. The van der Waals surface area contributed by atoms with E-state index in [1.54, 1.807) is 0 Å². The van der Waals surface area contributed by atoms with Crippen LogP contribution in [0.15, 0.2) is 30.3 Å². The molecule has 0 amide bonds. The Hall–Kier alpha value is -0.900. The van der Waals surface area contributed by atoms with Crippen molar-refractivity contribution >= 4 is 0 Å². The average Bonchev–Trinajstić information content (AvgIpc) is 2.42. The zero-order chi connectivity index (χ0) is 12.8. The van der Waals surface area contributed by atoms with Gasteiger partial charge in [-0.25, -0.2) is 0 Å². The van der Waals surface area contributed by atoms with Crippen LogP contribution >= 0.6 is 0 Å². The van der Waals surface area contributed by atoms with E-state index in [2.05, 4.69) is 31.3 Å². The zero-order valence-corrected chi connectivity index (χ0v) is 11.3. The molecular formula is C15H23NO2. The highest BCUT2D eigenvalue weighted by Gasteiger charge is 2.29. The summed E-state index contributed by atoms with van der Waals surface area (Å²) in [7, 11) is 0. The van der Waals surface area contributed by atoms with Crippen molar-refractivity contribution in [1.82, 2.24) is 5.32 Å². The fourth-order valence-corrected chi connectivity index (χ4v) is 1.99. The van der Waals surface area contributed by atoms with Crippen molar-refractivity contribution in [3.05, 3.63) is 35.9 Å². The molecular weight excluding hydrogens is 226 g/mol. The van der Waals surface area contributed by atoms with Gasteiger partial charge < -0.3 is 14.8 Å². The molecule has 0 aliphatic carbocycles. The van der Waals surface area contributed by atoms with Gasteiger partial charge in [-0.2, -0.15) is 0 Å². The second kappa shape index (κ2) is 6.32. The van der Waals surface area contributed by atoms with Crippen molar-refractivity contribution in [3.8, 4) is 0 Å². The molecule has 1 saturated heterocycles. The Morgan fingerprint density at radius 2 is 2.17 bits per heavy atom. The number of nitrogens with one attached hydrogen (secondary N) is 1. The quantitative estimate of drug-likeness (QED) is 0.869. The largest absolute Gasteiger partial charge is 0.374 e. The molecule has 1 heterocycles. The van der Waals surface area contributed by atoms with Gasteiger partial charge in [-0.15, -0.1) is 0 Å². The minimum absolute atomic E-state index is 0.135. The van der Waals surface area contributed by atoms with Gasteiger partial charge in [0, 0.05) is 12.1 Å². The van der Waals surface area contributed by atoms with Gasteiger partial charge in [-0.1, -0.05) is 37.3 Å². The standard InChI is InChI=1S/C15H23NO2/c1-3-15(2)12-18-14(9-16-15)11-17-10-13-7-5-4-6-8-13/h4-8,14,16H,3,9-12H2,1-2H3. The molecule has 2 rings (SSSR count). The van der Waals surface area contributed by atoms with Crippen LogP contribution in [0.1, 0.15) is 25.8 Å². The van der Waals surface area contributed by atoms with Gasteiger partial charge in [0.05, 0.1) is 25.9 Å². The van der Waals surface area contributed by atoms with E-state index in [9.17, 15) is 0 Å². The van der Waals surface area contributed by atoms with E-state index in [-0.39, 0.29) is 11.6 Å². The SMILES string of the molecule is CCC1(C)COC(COCc2ccccc2)CN1. The molecule has 1 aromatic rings. The fourth-order valence-electron chi connectivity index (χ4n) is 1.99. The van der Waals surface area contributed by atoms with E-state index in [4.69, 9.17) is 9.47 Å². The van der Waals surface area contributed by atoms with Crippen molar-refractivity contribution in [1.29, 1.82) is 0 Å². The number of ether oxygens (including phenoxy) is 2. The van der Waals surface area contributed by atoms with Crippen molar-refractivity contribution in [2.45, 2.75) is 38.5 Å². The van der Waals surface area contributed by atoms with E-state index < -0.39 is 0 Å². The predicted molar refractivity (Wildman–Crippen MR) is 72.5 cm³/mol. The summed E-state index contributed by atoms with van der Waals surface area (Å²) in [6, 6.07) is 10.2. The Balaban J connectivity index is 1.67. The molecule has 1 N–H and O–H groups in total. The lowest BCUT2D eigenvalue weighted by atomic mass is 9.98. The third-order valence-corrected chi connectivity index (χ3v) is 3.59. The van der Waals surface area contributed by atoms with Crippen molar-refractivity contribution in [2.75, 3.05) is 19.8 Å². The van der Waals surface area contributed by atoms with E-state index in [0.717, 1.165) is 19.6 Å². The summed E-state index contributed by atoms with van der Waals surface area (Å²) < 4.78 is 11.5. The predicted octanol–water partition coefficient (Wildman–Crippen LogP) is 2.36. The lowest BCUT2D eigenvalue weighted by Crippen LogP contribution is -2.55. The maximum Gasteiger partial charge on any atom is 0.0933 e. The molecule has 1 aliphatic heterocycles. The van der Waals surface area contributed by atoms with Crippen LogP contribution in [-0.4, -0.2) is 31.4 Å². The van der Waals surface area contributed by atoms with Gasteiger partial charge in [0.25, 0.3) is 0 Å². The number of hydrogen-bond acceptors (Lipinski definition) is 3. The van der Waals surface area contributed by atoms with E-state index >= 15 is 0 Å². The van der Waals surface area contributed by atoms with Gasteiger partial charge in [0.1, 0.15) is 0 Å². The topological polar surface area (TPSA) is 30.5 Å². The maximum atomic E-state index is 5.83. The summed E-state index contributed by atoms with van der Waals surface area (Å²) in [6.07, 6.45) is 1.26. The van der Waals surface area contributed by atoms with E-state index in [0.29, 0.717) is 13.2 Å². The van der Waals surface area contributed by atoms with Gasteiger partial charge in [0.15, 0.2) is 0 Å². The van der Waals surface area contributed by atoms with Crippen LogP contribution in [0.25, 0.3) is 0 Å². The van der Waals surface area contributed by atoms with Crippen LogP contribution in [0.5, 0.6) is 0 Å². The molecule has 1 fully saturated rings. The molecule has 100 valence electrons. The molecule has 2 atom stereocenters. The van der Waals surface area contributed by atoms with Crippen LogP contribution in [-0.2, 0) is 16.1 Å². The summed E-state index contributed by atoms with van der Waals surface area (Å²) in [5, 5.41) is 3.54. The molecule has 1 aliphatic rings. The molecule has 2 unspecified atom stereocenters. The molecule has 3 nitrogen and oxygen atoms in total. The summed E-state index contributed by atoms with van der Waals surface area (Å²) in [5.74, 6) is 0. The third-order valence-electron chi connectivity index (χ3n) is 3.59. The van der Waals surface area contributed by atoms with Gasteiger partial charge in [0.2, 0.25) is 0 Å². The van der Waals surface area contributed by atoms with Crippen LogP contribution in [0.4, 0.5) is 0 Å². The molecule has 0 spiro atoms. The normalized spacial score (nSPS) is 28.2. The second-order valence-corrected chi connectivity index (χ2v) is 5.23. The monoisotopic (exact) mass is 249 g/mol. The molecule has 18 heavy (non-hydrogen) atoms. The van der Waals surface area contributed by atoms with E-state index in [1.165, 1.54) is 5.56 Å². The van der Waals surface area contributed by atoms with Crippen LogP contribution in [0.2, 0.25) is 0 Å². The number of benzene rings is 1. The van der Waals surface area contributed by atoms with Gasteiger partial charge >= 0.3 is 0 Å². The smallest absolute Gasteiger partial charge is 0.0933 e. The molecule has 0 saturated carbocycles. The molecule has 3 heteroatoms. The Morgan fingerprint density at radius 3 is 2.78 bits per heavy atom. The number of rotatable bonds is 5. The number of hydrogen-bond donors (Lipinski definition) is 1. The first-order valence-corrected chi connectivity index (χ1v) is 6.70. The number of morpholine rings is 1. The van der Waals surface area contributed by atoms with E-state index in [1.807, 2.05) is 18.2 Å². The molecule has 1 aromatic carbocycles. The van der Waals surface area contributed by atoms with Crippen LogP contribution < -0.4 is 5.32 Å². The maximum absolute atomic E-state index is 5.83. The first kappa shape index (κ1) is 13.5. The second-order valence-electron chi connectivity index (χ2n) is 5.23. The van der Waals surface area contributed by atoms with Gasteiger partial charge in [-0.05, 0) is 18.9 Å². The minimum Gasteiger partial charge on any atom is -0.374 e. The van der Waals surface area contributed by atoms with Crippen LogP contribution in [0, 0.1) is 0 Å². The summed E-state index contributed by atoms with van der Waals surface area (Å²) >= 11 is 0. The highest BCUT2D eigenvalue weighted by molar-refractivity contribution is 5.13. The highest BCUT2D eigenvalue weighted by atomic mass is 16.5. The van der Waals surface area contributed by atoms with Crippen molar-refractivity contribution in [2.24, 2.45) is 0 Å². The van der Waals surface area contributed by atoms with Crippen molar-refractivity contribution < 1.29 is 9.47 Å². The fraction of sp³-hybridized carbons (Fsp3) is 0.600. The highest BCUT2D eigenvalue weighted by Crippen LogP contribution is 2.16. The third kappa shape index (κ3) is 3.80. The summed E-state index contributed by atoms with van der Waals surface area (Å²) in [4.78, 5) is 0. The van der Waals surface area contributed by atoms with Crippen LogP contribution in [0.3, 0.4) is 0 Å². The molecule has 0 bridgehead atoms. The molecule has 0 radical (unpaired) electrons. The minimum atomic E-state index is 0.135. The lowest BCUT2D eigenvalue weighted by Gasteiger charge is -2.38. The van der Waals surface area contributed by atoms with Crippen molar-refractivity contribution in [3.63, 3.8) is 0 Å². The summed E-state index contributed by atoms with van der Waals surface area (Å²) in [5.41, 5.74) is 1.34.